The molecular weight excluding hydrogens is 280 g/mol. The van der Waals surface area contributed by atoms with E-state index in [1.54, 1.807) is 0 Å². The Bertz CT molecular complexity index is 545. The third-order valence-corrected chi connectivity index (χ3v) is 4.92. The smallest absolute Gasteiger partial charge is 0.228 e. The Kier molecular flexibility index (Phi) is 3.88. The summed E-state index contributed by atoms with van der Waals surface area (Å²) in [6.07, 6.45) is 5.55. The van der Waals surface area contributed by atoms with E-state index >= 15 is 0 Å². The van der Waals surface area contributed by atoms with Crippen LogP contribution in [0.5, 0.6) is 5.88 Å². The van der Waals surface area contributed by atoms with E-state index in [2.05, 4.69) is 10.2 Å². The van der Waals surface area contributed by atoms with E-state index in [0.717, 1.165) is 82.2 Å². The van der Waals surface area contributed by atoms with Crippen molar-refractivity contribution in [1.82, 2.24) is 15.3 Å². The molecule has 0 spiro atoms. The lowest BCUT2D eigenvalue weighted by molar-refractivity contribution is 0.146. The zero-order chi connectivity index (χ0) is 14.9. The highest BCUT2D eigenvalue weighted by Gasteiger charge is 2.28. The summed E-state index contributed by atoms with van der Waals surface area (Å²) < 4.78 is 6.17. The van der Waals surface area contributed by atoms with Gasteiger partial charge in [-0.25, -0.2) is 4.98 Å². The quantitative estimate of drug-likeness (QED) is 0.855. The van der Waals surface area contributed by atoms with Crippen molar-refractivity contribution in [2.45, 2.75) is 50.7 Å². The second kappa shape index (κ2) is 6.01. The molecule has 2 N–H and O–H groups in total. The number of aliphatic hydroxyl groups is 1. The summed E-state index contributed by atoms with van der Waals surface area (Å²) in [7, 11) is 0. The second-order valence-corrected chi connectivity index (χ2v) is 6.55. The first-order valence-corrected chi connectivity index (χ1v) is 8.50. The molecule has 0 amide bonds. The maximum Gasteiger partial charge on any atom is 0.228 e. The fraction of sp³-hybridized carbons (Fsp3) is 0.750. The van der Waals surface area contributed by atoms with Gasteiger partial charge >= 0.3 is 0 Å². The number of rotatable bonds is 3. The molecule has 1 saturated heterocycles. The van der Waals surface area contributed by atoms with E-state index in [4.69, 9.17) is 14.7 Å². The second-order valence-electron chi connectivity index (χ2n) is 6.55. The zero-order valence-electron chi connectivity index (χ0n) is 12.9. The predicted molar refractivity (Wildman–Crippen MR) is 83.4 cm³/mol. The summed E-state index contributed by atoms with van der Waals surface area (Å²) in [5, 5.41) is 13.1. The van der Waals surface area contributed by atoms with Crippen LogP contribution in [-0.4, -0.2) is 53.5 Å². The molecule has 2 fully saturated rings. The number of nitrogens with one attached hydrogen (secondary N) is 1. The Balaban J connectivity index is 1.60. The fourth-order valence-corrected chi connectivity index (χ4v) is 3.67. The van der Waals surface area contributed by atoms with Crippen LogP contribution >= 0.6 is 0 Å². The molecular formula is C16H24N4O2. The Labute approximate surface area is 130 Å². The summed E-state index contributed by atoms with van der Waals surface area (Å²) in [5.41, 5.74) is 2.36. The van der Waals surface area contributed by atoms with Crippen LogP contribution in [0, 0.1) is 0 Å². The molecule has 2 atom stereocenters. The highest BCUT2D eigenvalue weighted by Crippen LogP contribution is 2.33. The minimum atomic E-state index is -0.215. The van der Waals surface area contributed by atoms with Gasteiger partial charge in [0.15, 0.2) is 0 Å². The van der Waals surface area contributed by atoms with Gasteiger partial charge in [0.05, 0.1) is 11.8 Å². The predicted octanol–water partition coefficient (Wildman–Crippen LogP) is 0.667. The molecule has 1 aromatic rings. The number of ether oxygens (including phenoxy) is 1. The Morgan fingerprint density at radius 1 is 1.14 bits per heavy atom. The zero-order valence-corrected chi connectivity index (χ0v) is 12.9. The molecule has 6 heteroatoms. The van der Waals surface area contributed by atoms with Gasteiger partial charge in [0.1, 0.15) is 6.10 Å². The summed E-state index contributed by atoms with van der Waals surface area (Å²) in [6, 6.07) is 0. The van der Waals surface area contributed by atoms with E-state index in [9.17, 15) is 5.11 Å². The van der Waals surface area contributed by atoms with E-state index < -0.39 is 0 Å². The number of aromatic nitrogens is 2. The minimum absolute atomic E-state index is 0.102. The molecule has 1 aromatic heterocycles. The van der Waals surface area contributed by atoms with Crippen LogP contribution in [0.3, 0.4) is 0 Å². The third-order valence-electron chi connectivity index (χ3n) is 4.92. The Morgan fingerprint density at radius 3 is 2.77 bits per heavy atom. The van der Waals surface area contributed by atoms with Gasteiger partial charge in [-0.3, -0.25) is 0 Å². The Morgan fingerprint density at radius 2 is 2.00 bits per heavy atom. The van der Waals surface area contributed by atoms with Crippen molar-refractivity contribution >= 4 is 5.95 Å². The topological polar surface area (TPSA) is 70.5 Å². The highest BCUT2D eigenvalue weighted by atomic mass is 16.5. The first-order valence-electron chi connectivity index (χ1n) is 8.50. The number of anilines is 1. The standard InChI is InChI=1S/C16H24N4O2/c21-11-4-5-12(10-11)22-15-13-2-1-3-14(13)18-16(19-15)20-8-6-17-7-9-20/h11-12,17,21H,1-10H2. The van der Waals surface area contributed by atoms with Gasteiger partial charge in [-0.2, -0.15) is 4.98 Å². The van der Waals surface area contributed by atoms with Crippen LogP contribution in [0.25, 0.3) is 0 Å². The van der Waals surface area contributed by atoms with E-state index in [1.165, 1.54) is 5.56 Å². The van der Waals surface area contributed by atoms with Crippen molar-refractivity contribution in [3.63, 3.8) is 0 Å². The van der Waals surface area contributed by atoms with Crippen LogP contribution in [0.1, 0.15) is 36.9 Å². The van der Waals surface area contributed by atoms with Crippen LogP contribution in [-0.2, 0) is 12.8 Å². The lowest BCUT2D eigenvalue weighted by Gasteiger charge is -2.28. The number of nitrogens with zero attached hydrogens (tertiary/aromatic N) is 3. The molecule has 4 rings (SSSR count). The molecule has 1 saturated carbocycles. The molecule has 2 unspecified atom stereocenters. The van der Waals surface area contributed by atoms with Crippen LogP contribution in [0.4, 0.5) is 5.95 Å². The highest BCUT2D eigenvalue weighted by molar-refractivity contribution is 5.43. The number of piperazine rings is 1. The normalized spacial score (nSPS) is 28.0. The maximum absolute atomic E-state index is 9.70. The molecule has 3 aliphatic rings. The lowest BCUT2D eigenvalue weighted by atomic mass is 10.2. The van der Waals surface area contributed by atoms with Crippen molar-refractivity contribution in [2.75, 3.05) is 31.1 Å². The molecule has 22 heavy (non-hydrogen) atoms. The lowest BCUT2D eigenvalue weighted by Crippen LogP contribution is -2.44. The first kappa shape index (κ1) is 14.2. The number of hydrogen-bond donors (Lipinski definition) is 2. The minimum Gasteiger partial charge on any atom is -0.474 e. The van der Waals surface area contributed by atoms with Crippen LogP contribution in [0.2, 0.25) is 0 Å². The molecule has 6 nitrogen and oxygen atoms in total. The SMILES string of the molecule is OC1CCC(Oc2nc(N3CCNCC3)nc3c2CCC3)C1. The van der Waals surface area contributed by atoms with E-state index in [-0.39, 0.29) is 12.2 Å². The van der Waals surface area contributed by atoms with E-state index in [1.807, 2.05) is 0 Å². The van der Waals surface area contributed by atoms with Gasteiger partial charge in [0.2, 0.25) is 11.8 Å². The van der Waals surface area contributed by atoms with Crippen LogP contribution in [0.15, 0.2) is 0 Å². The molecule has 120 valence electrons. The van der Waals surface area contributed by atoms with Crippen molar-refractivity contribution in [1.29, 1.82) is 0 Å². The van der Waals surface area contributed by atoms with E-state index in [0.29, 0.717) is 0 Å². The molecule has 2 aliphatic carbocycles. The summed E-state index contributed by atoms with van der Waals surface area (Å²) in [4.78, 5) is 11.8. The van der Waals surface area contributed by atoms with Gasteiger partial charge in [-0.15, -0.1) is 0 Å². The molecule has 2 heterocycles. The van der Waals surface area contributed by atoms with Crippen molar-refractivity contribution in [2.24, 2.45) is 0 Å². The Hall–Kier alpha value is -1.40. The van der Waals surface area contributed by atoms with Gasteiger partial charge in [-0.05, 0) is 32.1 Å². The first-order chi connectivity index (χ1) is 10.8. The van der Waals surface area contributed by atoms with Gasteiger partial charge in [0, 0.05) is 38.2 Å². The van der Waals surface area contributed by atoms with Crippen molar-refractivity contribution in [3.8, 4) is 5.88 Å². The maximum atomic E-state index is 9.70. The van der Waals surface area contributed by atoms with Gasteiger partial charge in [-0.1, -0.05) is 0 Å². The molecule has 0 bridgehead atoms. The summed E-state index contributed by atoms with van der Waals surface area (Å²) >= 11 is 0. The van der Waals surface area contributed by atoms with Crippen LogP contribution < -0.4 is 15.0 Å². The average Bonchev–Trinajstić information content (AvgIpc) is 3.17. The monoisotopic (exact) mass is 304 g/mol. The number of fused-ring (bicyclic) bond motifs is 1. The third kappa shape index (κ3) is 2.77. The number of aryl methyl sites for hydroxylation is 1. The van der Waals surface area contributed by atoms with Gasteiger partial charge in [0.25, 0.3) is 0 Å². The van der Waals surface area contributed by atoms with Crippen molar-refractivity contribution in [3.05, 3.63) is 11.3 Å². The average molecular weight is 304 g/mol. The fourth-order valence-electron chi connectivity index (χ4n) is 3.67. The summed E-state index contributed by atoms with van der Waals surface area (Å²) in [6.45, 7) is 3.84. The largest absolute Gasteiger partial charge is 0.474 e. The number of aliphatic hydroxyl groups excluding tert-OH is 1. The van der Waals surface area contributed by atoms with Crippen molar-refractivity contribution < 1.29 is 9.84 Å². The summed E-state index contributed by atoms with van der Waals surface area (Å²) in [5.74, 6) is 1.59. The molecule has 0 radical (unpaired) electrons. The van der Waals surface area contributed by atoms with Gasteiger partial charge < -0.3 is 20.1 Å². The molecule has 1 aliphatic heterocycles. The number of hydrogen-bond acceptors (Lipinski definition) is 6. The molecule has 0 aromatic carbocycles.